The third-order valence-corrected chi connectivity index (χ3v) is 6.76. The lowest BCUT2D eigenvalue weighted by Crippen LogP contribution is -2.47. The molecule has 1 saturated carbocycles. The number of ether oxygens (including phenoxy) is 1. The van der Waals surface area contributed by atoms with Crippen LogP contribution in [0.4, 0.5) is 5.69 Å². The van der Waals surface area contributed by atoms with Crippen LogP contribution in [0.3, 0.4) is 0 Å². The fourth-order valence-corrected chi connectivity index (χ4v) is 5.00. The van der Waals surface area contributed by atoms with Gasteiger partial charge in [0, 0.05) is 58.0 Å². The first-order valence-electron chi connectivity index (χ1n) is 11.9. The predicted octanol–water partition coefficient (Wildman–Crippen LogP) is 3.92. The number of hydrogen-bond donors (Lipinski definition) is 1. The van der Waals surface area contributed by atoms with E-state index in [0.29, 0.717) is 19.1 Å². The zero-order valence-corrected chi connectivity index (χ0v) is 19.3. The fourth-order valence-electron chi connectivity index (χ4n) is 5.00. The summed E-state index contributed by atoms with van der Waals surface area (Å²) in [5.41, 5.74) is 4.10. The van der Waals surface area contributed by atoms with Crippen molar-refractivity contribution in [1.82, 2.24) is 10.2 Å². The Bertz CT molecular complexity index is 642. The number of carbonyl (C=O) groups is 1. The molecule has 1 heterocycles. The monoisotopic (exact) mass is 415 g/mol. The van der Waals surface area contributed by atoms with Crippen molar-refractivity contribution in [3.8, 4) is 0 Å². The molecule has 1 amide bonds. The van der Waals surface area contributed by atoms with Crippen LogP contribution in [0.1, 0.15) is 56.1 Å². The van der Waals surface area contributed by atoms with Crippen molar-refractivity contribution in [1.29, 1.82) is 0 Å². The lowest BCUT2D eigenvalue weighted by Gasteiger charge is -2.37. The van der Waals surface area contributed by atoms with Gasteiger partial charge >= 0.3 is 0 Å². The van der Waals surface area contributed by atoms with E-state index < -0.39 is 0 Å². The Balaban J connectivity index is 1.31. The maximum Gasteiger partial charge on any atom is 0.220 e. The van der Waals surface area contributed by atoms with Crippen molar-refractivity contribution >= 4 is 11.6 Å². The largest absolute Gasteiger partial charge is 0.385 e. The van der Waals surface area contributed by atoms with Crippen LogP contribution in [0.5, 0.6) is 0 Å². The van der Waals surface area contributed by atoms with Gasteiger partial charge in [0.2, 0.25) is 5.91 Å². The highest BCUT2D eigenvalue weighted by atomic mass is 16.5. The Labute approximate surface area is 183 Å². The van der Waals surface area contributed by atoms with Gasteiger partial charge < -0.3 is 15.0 Å². The third kappa shape index (κ3) is 7.28. The predicted molar refractivity (Wildman–Crippen MR) is 124 cm³/mol. The van der Waals surface area contributed by atoms with Crippen LogP contribution < -0.4 is 10.2 Å². The molecule has 0 spiro atoms. The number of nitrogens with zero attached hydrogens (tertiary/aromatic N) is 2. The van der Waals surface area contributed by atoms with E-state index in [4.69, 9.17) is 4.74 Å². The maximum atomic E-state index is 12.0. The molecule has 1 aromatic rings. The average Bonchev–Trinajstić information content (AvgIpc) is 2.73. The minimum absolute atomic E-state index is 0.192. The summed E-state index contributed by atoms with van der Waals surface area (Å²) in [6.07, 6.45) is 7.49. The second kappa shape index (κ2) is 11.7. The maximum absolute atomic E-state index is 12.0. The molecule has 1 aliphatic carbocycles. The molecule has 1 aromatic carbocycles. The molecule has 5 heteroatoms. The summed E-state index contributed by atoms with van der Waals surface area (Å²) in [5.74, 6) is 1.02. The second-order valence-electron chi connectivity index (χ2n) is 9.34. The zero-order valence-electron chi connectivity index (χ0n) is 19.3. The molecule has 168 valence electrons. The highest BCUT2D eigenvalue weighted by molar-refractivity contribution is 5.76. The summed E-state index contributed by atoms with van der Waals surface area (Å²) in [6.45, 7) is 10.9. The van der Waals surface area contributed by atoms with E-state index in [0.717, 1.165) is 38.3 Å². The van der Waals surface area contributed by atoms with Crippen molar-refractivity contribution in [2.45, 2.75) is 64.8 Å². The second-order valence-corrected chi connectivity index (χ2v) is 9.34. The van der Waals surface area contributed by atoms with Crippen molar-refractivity contribution < 1.29 is 9.53 Å². The van der Waals surface area contributed by atoms with Gasteiger partial charge in [0.1, 0.15) is 0 Å². The Morgan fingerprint density at radius 2 is 1.70 bits per heavy atom. The Kier molecular flexibility index (Phi) is 9.01. The lowest BCUT2D eigenvalue weighted by atomic mass is 9.84. The minimum Gasteiger partial charge on any atom is -0.385 e. The molecule has 0 unspecified atom stereocenters. The van der Waals surface area contributed by atoms with Gasteiger partial charge in [-0.25, -0.2) is 0 Å². The summed E-state index contributed by atoms with van der Waals surface area (Å²) in [5, 5.41) is 3.22. The van der Waals surface area contributed by atoms with Crippen LogP contribution >= 0.6 is 0 Å². The van der Waals surface area contributed by atoms with Gasteiger partial charge in [0.15, 0.2) is 0 Å². The molecule has 0 bridgehead atoms. The first kappa shape index (κ1) is 23.1. The summed E-state index contributed by atoms with van der Waals surface area (Å²) in [7, 11) is 1.68. The van der Waals surface area contributed by atoms with Gasteiger partial charge in [-0.05, 0) is 88.1 Å². The molecule has 30 heavy (non-hydrogen) atoms. The first-order valence-corrected chi connectivity index (χ1v) is 11.9. The molecule has 3 rings (SSSR count). The van der Waals surface area contributed by atoms with Crippen LogP contribution in [-0.4, -0.2) is 63.3 Å². The molecule has 1 saturated heterocycles. The van der Waals surface area contributed by atoms with E-state index in [1.54, 1.807) is 7.11 Å². The van der Waals surface area contributed by atoms with Crippen LogP contribution in [-0.2, 0) is 9.53 Å². The number of rotatable bonds is 9. The summed E-state index contributed by atoms with van der Waals surface area (Å²) in [6, 6.07) is 7.27. The molecule has 1 N–H and O–H groups in total. The zero-order chi connectivity index (χ0) is 21.3. The van der Waals surface area contributed by atoms with Gasteiger partial charge in [0.05, 0.1) is 0 Å². The molecule has 5 nitrogen and oxygen atoms in total. The Morgan fingerprint density at radius 1 is 1.03 bits per heavy atom. The van der Waals surface area contributed by atoms with Gasteiger partial charge in [-0.15, -0.1) is 0 Å². The molecular formula is C25H41N3O2. The number of anilines is 1. The molecule has 2 fully saturated rings. The third-order valence-electron chi connectivity index (χ3n) is 6.76. The number of hydrogen-bond acceptors (Lipinski definition) is 4. The molecule has 0 radical (unpaired) electrons. The van der Waals surface area contributed by atoms with Crippen molar-refractivity contribution in [3.05, 3.63) is 29.3 Å². The Hall–Kier alpha value is -1.59. The number of methoxy groups -OCH3 is 1. The number of aryl methyl sites for hydroxylation is 2. The highest BCUT2D eigenvalue weighted by Crippen LogP contribution is 2.27. The van der Waals surface area contributed by atoms with Crippen LogP contribution in [0.2, 0.25) is 0 Å². The summed E-state index contributed by atoms with van der Waals surface area (Å²) in [4.78, 5) is 17.2. The van der Waals surface area contributed by atoms with E-state index in [9.17, 15) is 4.79 Å². The molecule has 0 atom stereocenters. The van der Waals surface area contributed by atoms with E-state index in [1.807, 2.05) is 0 Å². The van der Waals surface area contributed by atoms with Crippen molar-refractivity contribution in [2.75, 3.05) is 51.3 Å². The van der Waals surface area contributed by atoms with Gasteiger partial charge in [-0.1, -0.05) is 6.07 Å². The lowest BCUT2D eigenvalue weighted by molar-refractivity contribution is -0.122. The number of piperazine rings is 1. The van der Waals surface area contributed by atoms with Crippen LogP contribution in [0, 0.1) is 19.8 Å². The molecule has 0 aromatic heterocycles. The highest BCUT2D eigenvalue weighted by Gasteiger charge is 2.24. The number of benzene rings is 1. The average molecular weight is 416 g/mol. The van der Waals surface area contributed by atoms with Gasteiger partial charge in [0.25, 0.3) is 0 Å². The van der Waals surface area contributed by atoms with Crippen LogP contribution in [0.15, 0.2) is 18.2 Å². The Morgan fingerprint density at radius 3 is 2.33 bits per heavy atom. The first-order chi connectivity index (χ1) is 14.5. The standard InChI is InChI=1S/C25H41N3O2/c1-20-17-21(2)19-24(18-20)28-14-12-27(13-15-28)11-10-22-6-8-23(9-7-22)26-25(29)5-4-16-30-3/h17-19,22-23H,4-16H2,1-3H3,(H,26,29)/t22-,23-. The molecule has 1 aliphatic heterocycles. The van der Waals surface area contributed by atoms with Crippen molar-refractivity contribution in [2.24, 2.45) is 5.92 Å². The van der Waals surface area contributed by atoms with Crippen LogP contribution in [0.25, 0.3) is 0 Å². The minimum atomic E-state index is 0.192. The number of amides is 1. The van der Waals surface area contributed by atoms with E-state index >= 15 is 0 Å². The quantitative estimate of drug-likeness (QED) is 0.621. The normalized spacial score (nSPS) is 22.8. The topological polar surface area (TPSA) is 44.8 Å². The smallest absolute Gasteiger partial charge is 0.220 e. The summed E-state index contributed by atoms with van der Waals surface area (Å²) < 4.78 is 5.02. The number of nitrogens with one attached hydrogen (secondary N) is 1. The number of carbonyl (C=O) groups excluding carboxylic acids is 1. The molecule has 2 aliphatic rings. The van der Waals surface area contributed by atoms with E-state index in [1.165, 1.54) is 55.7 Å². The molecular weight excluding hydrogens is 374 g/mol. The van der Waals surface area contributed by atoms with Crippen molar-refractivity contribution in [3.63, 3.8) is 0 Å². The van der Waals surface area contributed by atoms with Gasteiger partial charge in [-0.3, -0.25) is 9.69 Å². The van der Waals surface area contributed by atoms with E-state index in [2.05, 4.69) is 47.2 Å². The SMILES string of the molecule is COCCCC(=O)N[C@H]1CC[C@H](CCN2CCN(c3cc(C)cc(C)c3)CC2)CC1. The van der Waals surface area contributed by atoms with E-state index in [-0.39, 0.29) is 5.91 Å². The summed E-state index contributed by atoms with van der Waals surface area (Å²) >= 11 is 0. The fraction of sp³-hybridized carbons (Fsp3) is 0.720. The van der Waals surface area contributed by atoms with Gasteiger partial charge in [-0.2, -0.15) is 0 Å².